The summed E-state index contributed by atoms with van der Waals surface area (Å²) < 4.78 is 28.8. The molecule has 3 heterocycles. The Morgan fingerprint density at radius 2 is 1.80 bits per heavy atom. The van der Waals surface area contributed by atoms with E-state index in [1.165, 1.54) is 0 Å². The molecule has 0 amide bonds. The Hall–Kier alpha value is -2.51. The van der Waals surface area contributed by atoms with Gasteiger partial charge < -0.3 is 0 Å². The molecule has 4 rings (SSSR count). The van der Waals surface area contributed by atoms with Crippen LogP contribution in [0.4, 0.5) is 5.69 Å². The number of aryl methyl sites for hydroxylation is 2. The molecule has 5 nitrogen and oxygen atoms in total. The molecule has 0 saturated heterocycles. The second-order valence-corrected chi connectivity index (χ2v) is 15.7. The van der Waals surface area contributed by atoms with Crippen LogP contribution in [0.15, 0.2) is 59.8 Å². The first-order valence-electron chi connectivity index (χ1n) is 10.2. The third kappa shape index (κ3) is 3.79. The quantitative estimate of drug-likeness (QED) is 0.576. The van der Waals surface area contributed by atoms with Crippen LogP contribution in [0.25, 0.3) is 11.3 Å². The Balaban J connectivity index is 1.92. The zero-order valence-electron chi connectivity index (χ0n) is 17.9. The molecule has 0 unspecified atom stereocenters. The van der Waals surface area contributed by atoms with Crippen LogP contribution in [-0.4, -0.2) is 33.0 Å². The Kier molecular flexibility index (Phi) is 5.28. The van der Waals surface area contributed by atoms with E-state index in [2.05, 4.69) is 24.6 Å². The summed E-state index contributed by atoms with van der Waals surface area (Å²) in [4.78, 5) is 9.58. The third-order valence-electron chi connectivity index (χ3n) is 5.41. The molecule has 0 N–H and O–H groups in total. The smallest absolute Gasteiger partial charge is 0.264 e. The predicted octanol–water partition coefficient (Wildman–Crippen LogP) is 4.14. The minimum absolute atomic E-state index is 0.332. The van der Waals surface area contributed by atoms with Crippen molar-refractivity contribution >= 4 is 29.1 Å². The fourth-order valence-electron chi connectivity index (χ4n) is 3.85. The number of hydrogen-bond donors (Lipinski definition) is 0. The average Bonchev–Trinajstić information content (AvgIpc) is 2.72. The molecule has 2 aromatic heterocycles. The summed E-state index contributed by atoms with van der Waals surface area (Å²) in [6.45, 7) is 9.09. The second-order valence-electron chi connectivity index (χ2n) is 8.85. The lowest BCUT2D eigenvalue weighted by atomic mass is 10.0. The monoisotopic (exact) mass is 437 g/mol. The van der Waals surface area contributed by atoms with Gasteiger partial charge in [0.1, 0.15) is 8.07 Å². The number of aromatic nitrogens is 2. The maximum atomic E-state index is 13.6. The van der Waals surface area contributed by atoms with Crippen LogP contribution >= 0.6 is 0 Å². The van der Waals surface area contributed by atoms with E-state index >= 15 is 0 Å². The van der Waals surface area contributed by atoms with Gasteiger partial charge in [0.05, 0.1) is 16.3 Å². The number of pyridine rings is 2. The molecule has 156 valence electrons. The van der Waals surface area contributed by atoms with Gasteiger partial charge in [-0.05, 0) is 55.7 Å². The lowest BCUT2D eigenvalue weighted by Crippen LogP contribution is -2.48. The number of sulfonamides is 1. The summed E-state index contributed by atoms with van der Waals surface area (Å²) in [6, 6.07) is 13.0. The zero-order valence-corrected chi connectivity index (χ0v) is 19.7. The highest BCUT2D eigenvalue weighted by molar-refractivity contribution is 7.92. The number of nitrogens with zero attached hydrogens (tertiary/aromatic N) is 3. The van der Waals surface area contributed by atoms with Crippen LogP contribution in [-0.2, 0) is 16.4 Å². The minimum atomic E-state index is -3.65. The molecule has 7 heteroatoms. The molecule has 0 fully saturated rings. The van der Waals surface area contributed by atoms with Crippen LogP contribution in [0.1, 0.15) is 17.5 Å². The van der Waals surface area contributed by atoms with E-state index in [4.69, 9.17) is 4.98 Å². The van der Waals surface area contributed by atoms with Crippen LogP contribution in [0.5, 0.6) is 0 Å². The third-order valence-corrected chi connectivity index (χ3v) is 8.99. The summed E-state index contributed by atoms with van der Waals surface area (Å²) in [5.41, 5.74) is 4.72. The van der Waals surface area contributed by atoms with Crippen molar-refractivity contribution in [3.8, 4) is 11.3 Å². The summed E-state index contributed by atoms with van der Waals surface area (Å²) in [5.74, 6) is 0. The van der Waals surface area contributed by atoms with Crippen molar-refractivity contribution in [1.82, 2.24) is 9.97 Å². The molecule has 0 bridgehead atoms. The Morgan fingerprint density at radius 3 is 2.43 bits per heavy atom. The van der Waals surface area contributed by atoms with Crippen molar-refractivity contribution in [2.24, 2.45) is 0 Å². The molecule has 3 aromatic rings. The molecule has 0 saturated carbocycles. The largest absolute Gasteiger partial charge is 0.265 e. The number of benzene rings is 1. The Morgan fingerprint density at radius 1 is 1.07 bits per heavy atom. The van der Waals surface area contributed by atoms with Crippen LogP contribution in [0.2, 0.25) is 19.6 Å². The van der Waals surface area contributed by atoms with Gasteiger partial charge in [0.15, 0.2) is 0 Å². The fraction of sp³-hybridized carbons (Fsp3) is 0.304. The van der Waals surface area contributed by atoms with Gasteiger partial charge in [-0.25, -0.2) is 8.42 Å². The van der Waals surface area contributed by atoms with Crippen molar-refractivity contribution < 1.29 is 8.42 Å². The molecule has 0 spiro atoms. The number of fused-ring (bicyclic) bond motifs is 1. The van der Waals surface area contributed by atoms with Gasteiger partial charge in [-0.1, -0.05) is 37.3 Å². The highest BCUT2D eigenvalue weighted by Crippen LogP contribution is 2.34. The SMILES string of the molecule is Cc1ccc(S(=O)(=O)N2CCCc3cc(-c4cccnc4)nc([Si](C)(C)C)c32)cc1. The second kappa shape index (κ2) is 7.63. The van der Waals surface area contributed by atoms with E-state index in [9.17, 15) is 8.42 Å². The van der Waals surface area contributed by atoms with Crippen molar-refractivity contribution in [2.45, 2.75) is 44.3 Å². The Labute approximate surface area is 179 Å². The van der Waals surface area contributed by atoms with Gasteiger partial charge in [-0.3, -0.25) is 14.3 Å². The summed E-state index contributed by atoms with van der Waals surface area (Å²) >= 11 is 0. The molecule has 30 heavy (non-hydrogen) atoms. The molecule has 0 atom stereocenters. The van der Waals surface area contributed by atoms with Gasteiger partial charge in [0, 0.05) is 29.8 Å². The fourth-order valence-corrected chi connectivity index (χ4v) is 6.94. The molecule has 1 aliphatic rings. The van der Waals surface area contributed by atoms with E-state index < -0.39 is 18.1 Å². The number of rotatable bonds is 4. The van der Waals surface area contributed by atoms with Gasteiger partial charge in [-0.15, -0.1) is 0 Å². The van der Waals surface area contributed by atoms with E-state index in [-0.39, 0.29) is 0 Å². The van der Waals surface area contributed by atoms with Crippen LogP contribution in [0.3, 0.4) is 0 Å². The topological polar surface area (TPSA) is 63.2 Å². The highest BCUT2D eigenvalue weighted by atomic mass is 32.2. The van der Waals surface area contributed by atoms with Crippen molar-refractivity contribution in [2.75, 3.05) is 10.8 Å². The molecular weight excluding hydrogens is 410 g/mol. The van der Waals surface area contributed by atoms with E-state index in [1.807, 2.05) is 43.5 Å². The first-order valence-corrected chi connectivity index (χ1v) is 15.2. The molecule has 1 aromatic carbocycles. The normalized spacial score (nSPS) is 14.5. The Bertz CT molecular complexity index is 1170. The summed E-state index contributed by atoms with van der Waals surface area (Å²) in [7, 11) is -5.59. The van der Waals surface area contributed by atoms with Crippen LogP contribution < -0.4 is 9.62 Å². The number of anilines is 1. The van der Waals surface area contributed by atoms with Crippen LogP contribution in [0, 0.1) is 6.92 Å². The molecule has 0 aliphatic carbocycles. The van der Waals surface area contributed by atoms with Gasteiger partial charge in [-0.2, -0.15) is 0 Å². The van der Waals surface area contributed by atoms with Crippen molar-refractivity contribution in [3.63, 3.8) is 0 Å². The first-order chi connectivity index (χ1) is 14.2. The summed E-state index contributed by atoms with van der Waals surface area (Å²) in [5, 5.41) is 0.939. The molecule has 1 aliphatic heterocycles. The lowest BCUT2D eigenvalue weighted by Gasteiger charge is -2.35. The minimum Gasteiger partial charge on any atom is -0.265 e. The first kappa shape index (κ1) is 20.7. The summed E-state index contributed by atoms with van der Waals surface area (Å²) in [6.07, 6.45) is 5.20. The van der Waals surface area contributed by atoms with E-state index in [0.717, 1.165) is 46.2 Å². The van der Waals surface area contributed by atoms with E-state index in [0.29, 0.717) is 11.4 Å². The van der Waals surface area contributed by atoms with Crippen molar-refractivity contribution in [3.05, 3.63) is 66.0 Å². The zero-order chi connectivity index (χ0) is 21.5. The molecule has 0 radical (unpaired) electrons. The average molecular weight is 438 g/mol. The van der Waals surface area contributed by atoms with E-state index in [1.54, 1.807) is 22.6 Å². The standard InChI is InChI=1S/C23H27N3O2SSi/c1-17-9-11-20(12-10-17)29(27,28)26-14-6-8-18-15-21(19-7-5-13-24-16-19)25-23(22(18)26)30(2,3)4/h5,7,9-13,15-16H,6,8,14H2,1-4H3. The maximum absolute atomic E-state index is 13.6. The van der Waals surface area contributed by atoms with Gasteiger partial charge in [0.25, 0.3) is 10.0 Å². The van der Waals surface area contributed by atoms with Crippen molar-refractivity contribution in [1.29, 1.82) is 0 Å². The lowest BCUT2D eigenvalue weighted by molar-refractivity contribution is 0.586. The maximum Gasteiger partial charge on any atom is 0.264 e. The highest BCUT2D eigenvalue weighted by Gasteiger charge is 2.36. The van der Waals surface area contributed by atoms with Gasteiger partial charge in [0.2, 0.25) is 0 Å². The van der Waals surface area contributed by atoms with Gasteiger partial charge >= 0.3 is 0 Å². The number of hydrogen-bond acceptors (Lipinski definition) is 4. The molecular formula is C23H27N3O2SSi. The predicted molar refractivity (Wildman–Crippen MR) is 124 cm³/mol.